The Bertz CT molecular complexity index is 475. The van der Waals surface area contributed by atoms with Crippen molar-refractivity contribution in [3.8, 4) is 5.75 Å². The van der Waals surface area contributed by atoms with Crippen LogP contribution >= 0.6 is 0 Å². The van der Waals surface area contributed by atoms with Crippen LogP contribution in [-0.4, -0.2) is 17.9 Å². The molecule has 1 heterocycles. The van der Waals surface area contributed by atoms with Gasteiger partial charge in [-0.2, -0.15) is 0 Å². The highest BCUT2D eigenvalue weighted by Crippen LogP contribution is 2.35. The van der Waals surface area contributed by atoms with Gasteiger partial charge in [-0.3, -0.25) is 4.79 Å². The lowest BCUT2D eigenvalue weighted by atomic mass is 9.87. The predicted octanol–water partition coefficient (Wildman–Crippen LogP) is 2.47. The van der Waals surface area contributed by atoms with Gasteiger partial charge < -0.3 is 10.5 Å². The molecular formula is C15H19NO2. The SMILES string of the molecule is NC1(C(=O)c2cccc3c2OCCC3)CCCC1. The van der Waals surface area contributed by atoms with Crippen LogP contribution in [0.1, 0.15) is 48.0 Å². The standard InChI is InChI=1S/C15H19NO2/c16-15(8-1-2-9-15)14(17)12-7-3-5-11-6-4-10-18-13(11)12/h3,5,7H,1-2,4,6,8-10,16H2. The summed E-state index contributed by atoms with van der Waals surface area (Å²) < 4.78 is 5.70. The summed E-state index contributed by atoms with van der Waals surface area (Å²) >= 11 is 0. The van der Waals surface area contributed by atoms with Crippen LogP contribution in [0.2, 0.25) is 0 Å². The van der Waals surface area contributed by atoms with E-state index in [2.05, 4.69) is 0 Å². The third kappa shape index (κ3) is 1.83. The lowest BCUT2D eigenvalue weighted by Gasteiger charge is -2.25. The van der Waals surface area contributed by atoms with Crippen LogP contribution in [-0.2, 0) is 6.42 Å². The number of nitrogens with two attached hydrogens (primary N) is 1. The first kappa shape index (κ1) is 11.7. The molecule has 18 heavy (non-hydrogen) atoms. The maximum atomic E-state index is 12.6. The number of carbonyl (C=O) groups excluding carboxylic acids is 1. The Morgan fingerprint density at radius 2 is 2.00 bits per heavy atom. The molecule has 0 radical (unpaired) electrons. The van der Waals surface area contributed by atoms with Crippen molar-refractivity contribution in [2.24, 2.45) is 5.73 Å². The number of carbonyl (C=O) groups is 1. The molecule has 3 nitrogen and oxygen atoms in total. The van der Waals surface area contributed by atoms with Gasteiger partial charge in [-0.1, -0.05) is 25.0 Å². The zero-order chi connectivity index (χ0) is 12.6. The molecule has 0 spiro atoms. The smallest absolute Gasteiger partial charge is 0.186 e. The molecule has 0 saturated heterocycles. The van der Waals surface area contributed by atoms with E-state index in [9.17, 15) is 4.79 Å². The van der Waals surface area contributed by atoms with Crippen LogP contribution in [0.25, 0.3) is 0 Å². The molecular weight excluding hydrogens is 226 g/mol. The Hall–Kier alpha value is -1.35. The number of ketones is 1. The van der Waals surface area contributed by atoms with E-state index in [0.717, 1.165) is 49.8 Å². The highest BCUT2D eigenvalue weighted by molar-refractivity contribution is 6.05. The van der Waals surface area contributed by atoms with Crippen LogP contribution in [0.3, 0.4) is 0 Å². The summed E-state index contributed by atoms with van der Waals surface area (Å²) in [6.45, 7) is 0.703. The molecule has 1 aromatic carbocycles. The Labute approximate surface area is 107 Å². The number of benzene rings is 1. The third-order valence-electron chi connectivity index (χ3n) is 4.13. The Morgan fingerprint density at radius 3 is 2.78 bits per heavy atom. The largest absolute Gasteiger partial charge is 0.493 e. The molecule has 0 unspecified atom stereocenters. The van der Waals surface area contributed by atoms with Crippen LogP contribution in [0.15, 0.2) is 18.2 Å². The van der Waals surface area contributed by atoms with Gasteiger partial charge in [0, 0.05) is 0 Å². The zero-order valence-electron chi connectivity index (χ0n) is 10.6. The molecule has 2 aliphatic rings. The van der Waals surface area contributed by atoms with Gasteiger partial charge in [0.25, 0.3) is 0 Å². The van der Waals surface area contributed by atoms with E-state index in [-0.39, 0.29) is 5.78 Å². The van der Waals surface area contributed by atoms with Crippen molar-refractivity contribution in [3.63, 3.8) is 0 Å². The fraction of sp³-hybridized carbons (Fsp3) is 0.533. The molecule has 1 saturated carbocycles. The highest BCUT2D eigenvalue weighted by Gasteiger charge is 2.39. The van der Waals surface area contributed by atoms with E-state index in [0.29, 0.717) is 12.2 Å². The molecule has 96 valence electrons. The predicted molar refractivity (Wildman–Crippen MR) is 70.0 cm³/mol. The molecule has 0 atom stereocenters. The van der Waals surface area contributed by atoms with Crippen molar-refractivity contribution in [1.29, 1.82) is 0 Å². The zero-order valence-corrected chi connectivity index (χ0v) is 10.6. The second kappa shape index (κ2) is 4.39. The van der Waals surface area contributed by atoms with E-state index in [1.165, 1.54) is 0 Å². The molecule has 1 aliphatic heterocycles. The maximum Gasteiger partial charge on any atom is 0.186 e. The molecule has 2 N–H and O–H groups in total. The lowest BCUT2D eigenvalue weighted by molar-refractivity contribution is 0.0886. The van der Waals surface area contributed by atoms with Crippen molar-refractivity contribution in [2.45, 2.75) is 44.1 Å². The van der Waals surface area contributed by atoms with E-state index in [1.807, 2.05) is 18.2 Å². The van der Waals surface area contributed by atoms with Crippen LogP contribution in [0, 0.1) is 0 Å². The first-order chi connectivity index (χ1) is 8.71. The van der Waals surface area contributed by atoms with Gasteiger partial charge in [0.15, 0.2) is 5.78 Å². The second-order valence-electron chi connectivity index (χ2n) is 5.44. The van der Waals surface area contributed by atoms with Gasteiger partial charge in [0.2, 0.25) is 0 Å². The van der Waals surface area contributed by atoms with Crippen molar-refractivity contribution >= 4 is 5.78 Å². The van der Waals surface area contributed by atoms with Gasteiger partial charge in [-0.15, -0.1) is 0 Å². The fourth-order valence-corrected chi connectivity index (χ4v) is 3.07. The van der Waals surface area contributed by atoms with E-state index < -0.39 is 5.54 Å². The molecule has 3 rings (SSSR count). The van der Waals surface area contributed by atoms with Crippen molar-refractivity contribution in [1.82, 2.24) is 0 Å². The lowest BCUT2D eigenvalue weighted by Crippen LogP contribution is -2.45. The normalized spacial score (nSPS) is 21.2. The second-order valence-corrected chi connectivity index (χ2v) is 5.44. The number of fused-ring (bicyclic) bond motifs is 1. The van der Waals surface area contributed by atoms with Gasteiger partial charge >= 0.3 is 0 Å². The number of hydrogen-bond donors (Lipinski definition) is 1. The minimum atomic E-state index is -0.657. The van der Waals surface area contributed by atoms with E-state index >= 15 is 0 Å². The molecule has 1 fully saturated rings. The summed E-state index contributed by atoms with van der Waals surface area (Å²) in [5, 5.41) is 0. The molecule has 1 aliphatic carbocycles. The monoisotopic (exact) mass is 245 g/mol. The first-order valence-corrected chi connectivity index (χ1v) is 6.79. The van der Waals surface area contributed by atoms with Gasteiger partial charge in [0.1, 0.15) is 5.75 Å². The summed E-state index contributed by atoms with van der Waals surface area (Å²) in [6, 6.07) is 5.85. The molecule has 0 aromatic heterocycles. The molecule has 3 heteroatoms. The quantitative estimate of drug-likeness (QED) is 0.814. The summed E-state index contributed by atoms with van der Waals surface area (Å²) in [4.78, 5) is 12.6. The van der Waals surface area contributed by atoms with Crippen LogP contribution in [0.4, 0.5) is 0 Å². The number of aryl methyl sites for hydroxylation is 1. The number of ether oxygens (including phenoxy) is 1. The average molecular weight is 245 g/mol. The number of rotatable bonds is 2. The molecule has 0 amide bonds. The van der Waals surface area contributed by atoms with Crippen molar-refractivity contribution in [2.75, 3.05) is 6.61 Å². The minimum Gasteiger partial charge on any atom is -0.493 e. The van der Waals surface area contributed by atoms with Gasteiger partial charge in [-0.05, 0) is 37.3 Å². The summed E-state index contributed by atoms with van der Waals surface area (Å²) in [6.07, 6.45) is 5.73. The third-order valence-corrected chi connectivity index (χ3v) is 4.13. The van der Waals surface area contributed by atoms with Crippen LogP contribution in [0.5, 0.6) is 5.75 Å². The summed E-state index contributed by atoms with van der Waals surface area (Å²) in [7, 11) is 0. The van der Waals surface area contributed by atoms with Gasteiger partial charge in [0.05, 0.1) is 17.7 Å². The fourth-order valence-electron chi connectivity index (χ4n) is 3.07. The summed E-state index contributed by atoms with van der Waals surface area (Å²) in [5.41, 5.74) is 7.44. The molecule has 0 bridgehead atoms. The highest BCUT2D eigenvalue weighted by atomic mass is 16.5. The van der Waals surface area contributed by atoms with Crippen LogP contribution < -0.4 is 10.5 Å². The Morgan fingerprint density at radius 1 is 1.22 bits per heavy atom. The Kier molecular flexibility index (Phi) is 2.86. The van der Waals surface area contributed by atoms with Gasteiger partial charge in [-0.25, -0.2) is 0 Å². The number of para-hydroxylation sites is 1. The average Bonchev–Trinajstić information content (AvgIpc) is 2.85. The minimum absolute atomic E-state index is 0.0683. The van der Waals surface area contributed by atoms with E-state index in [4.69, 9.17) is 10.5 Å². The Balaban J connectivity index is 1.99. The maximum absolute atomic E-state index is 12.6. The number of hydrogen-bond acceptors (Lipinski definition) is 3. The summed E-state index contributed by atoms with van der Waals surface area (Å²) in [5.74, 6) is 0.851. The molecule has 1 aromatic rings. The van der Waals surface area contributed by atoms with E-state index in [1.54, 1.807) is 0 Å². The topological polar surface area (TPSA) is 52.3 Å². The number of Topliss-reactive ketones (excluding diaryl/α,β-unsaturated/α-hetero) is 1. The van der Waals surface area contributed by atoms with Crippen molar-refractivity contribution in [3.05, 3.63) is 29.3 Å². The van der Waals surface area contributed by atoms with Crippen molar-refractivity contribution < 1.29 is 9.53 Å². The first-order valence-electron chi connectivity index (χ1n) is 6.79.